The molecule has 2 N–H and O–H groups in total. The molecule has 1 fully saturated rings. The van der Waals surface area contributed by atoms with Crippen LogP contribution < -0.4 is 5.32 Å². The Labute approximate surface area is 106 Å². The number of hydrogen-bond acceptors (Lipinski definition) is 4. The Morgan fingerprint density at radius 2 is 2.12 bits per heavy atom. The summed E-state index contributed by atoms with van der Waals surface area (Å²) in [5.41, 5.74) is 1.13. The number of H-pyrrole nitrogens is 1. The molecule has 0 bridgehead atoms. The molecular formula is C11H19N3S2. The average Bonchev–Trinajstić information content (AvgIpc) is 2.54. The molecule has 0 radical (unpaired) electrons. The molecule has 5 heteroatoms. The number of nitrogens with one attached hydrogen (secondary N) is 2. The zero-order chi connectivity index (χ0) is 11.4. The van der Waals surface area contributed by atoms with E-state index in [2.05, 4.69) is 45.7 Å². The van der Waals surface area contributed by atoms with Crippen molar-refractivity contribution in [1.82, 2.24) is 15.3 Å². The number of aromatic amines is 1. The summed E-state index contributed by atoms with van der Waals surface area (Å²) in [5.74, 6) is 6.07. The standard InChI is InChI=1S/C11H19N3S2/c1-8-5-12-11(13-8)9(2)14-10-6-15-3-4-16-7-10/h5,9-10,14H,3-4,6-7H2,1-2H3,(H,12,13). The minimum atomic E-state index is 0.318. The summed E-state index contributed by atoms with van der Waals surface area (Å²) in [7, 11) is 0. The fourth-order valence-electron chi connectivity index (χ4n) is 1.80. The van der Waals surface area contributed by atoms with E-state index in [4.69, 9.17) is 0 Å². The van der Waals surface area contributed by atoms with Gasteiger partial charge in [0.05, 0.1) is 6.04 Å². The molecule has 1 unspecified atom stereocenters. The van der Waals surface area contributed by atoms with Crippen LogP contribution in [-0.2, 0) is 0 Å². The van der Waals surface area contributed by atoms with Crippen molar-refractivity contribution in [3.8, 4) is 0 Å². The molecule has 90 valence electrons. The summed E-state index contributed by atoms with van der Waals surface area (Å²) in [6.45, 7) is 4.22. The number of hydrogen-bond donors (Lipinski definition) is 2. The lowest BCUT2D eigenvalue weighted by molar-refractivity contribution is 0.499. The summed E-state index contributed by atoms with van der Waals surface area (Å²) in [6, 6.07) is 0.927. The van der Waals surface area contributed by atoms with Crippen LogP contribution in [0.4, 0.5) is 0 Å². The van der Waals surface area contributed by atoms with Gasteiger partial charge in [-0.15, -0.1) is 0 Å². The number of aromatic nitrogens is 2. The molecule has 1 aromatic heterocycles. The highest BCUT2D eigenvalue weighted by molar-refractivity contribution is 8.03. The Kier molecular flexibility index (Phi) is 4.61. The summed E-state index contributed by atoms with van der Waals surface area (Å²) in [6.07, 6.45) is 1.89. The van der Waals surface area contributed by atoms with Crippen LogP contribution in [0.3, 0.4) is 0 Å². The maximum absolute atomic E-state index is 4.37. The second-order valence-corrected chi connectivity index (χ2v) is 6.49. The van der Waals surface area contributed by atoms with Gasteiger partial charge < -0.3 is 10.3 Å². The van der Waals surface area contributed by atoms with Crippen LogP contribution in [0.1, 0.15) is 24.5 Å². The van der Waals surface area contributed by atoms with Gasteiger partial charge in [0.1, 0.15) is 5.82 Å². The molecule has 1 saturated heterocycles. The van der Waals surface area contributed by atoms with Gasteiger partial charge >= 0.3 is 0 Å². The van der Waals surface area contributed by atoms with Crippen molar-refractivity contribution < 1.29 is 0 Å². The minimum Gasteiger partial charge on any atom is -0.345 e. The van der Waals surface area contributed by atoms with Crippen LogP contribution in [0.2, 0.25) is 0 Å². The topological polar surface area (TPSA) is 40.7 Å². The molecule has 0 spiro atoms. The summed E-state index contributed by atoms with van der Waals surface area (Å²) < 4.78 is 0. The van der Waals surface area contributed by atoms with E-state index in [9.17, 15) is 0 Å². The zero-order valence-corrected chi connectivity index (χ0v) is 11.5. The van der Waals surface area contributed by atoms with Gasteiger partial charge in [0, 0.05) is 40.9 Å². The number of rotatable bonds is 3. The van der Waals surface area contributed by atoms with Gasteiger partial charge in [-0.1, -0.05) is 0 Å². The van der Waals surface area contributed by atoms with Gasteiger partial charge in [-0.25, -0.2) is 4.98 Å². The lowest BCUT2D eigenvalue weighted by atomic mass is 10.2. The van der Waals surface area contributed by atoms with E-state index < -0.39 is 0 Å². The second-order valence-electron chi connectivity index (χ2n) is 4.19. The predicted molar refractivity (Wildman–Crippen MR) is 73.3 cm³/mol. The first-order chi connectivity index (χ1) is 7.75. The van der Waals surface area contributed by atoms with Gasteiger partial charge in [0.15, 0.2) is 0 Å². The van der Waals surface area contributed by atoms with Crippen LogP contribution in [0.5, 0.6) is 0 Å². The predicted octanol–water partition coefficient (Wildman–Crippen LogP) is 2.22. The fourth-order valence-corrected chi connectivity index (χ4v) is 4.22. The molecule has 16 heavy (non-hydrogen) atoms. The first-order valence-electron chi connectivity index (χ1n) is 5.69. The molecule has 1 aliphatic rings. The van der Waals surface area contributed by atoms with E-state index in [-0.39, 0.29) is 0 Å². The van der Waals surface area contributed by atoms with Gasteiger partial charge in [-0.05, 0) is 13.8 Å². The Morgan fingerprint density at radius 1 is 1.44 bits per heavy atom. The van der Waals surface area contributed by atoms with E-state index >= 15 is 0 Å². The zero-order valence-electron chi connectivity index (χ0n) is 9.82. The van der Waals surface area contributed by atoms with Crippen molar-refractivity contribution >= 4 is 23.5 Å². The van der Waals surface area contributed by atoms with Crippen molar-refractivity contribution in [2.75, 3.05) is 23.0 Å². The third kappa shape index (κ3) is 3.43. The van der Waals surface area contributed by atoms with Gasteiger partial charge in [0.2, 0.25) is 0 Å². The monoisotopic (exact) mass is 257 g/mol. The molecule has 1 atom stereocenters. The van der Waals surface area contributed by atoms with Crippen molar-refractivity contribution in [2.24, 2.45) is 0 Å². The number of thioether (sulfide) groups is 2. The van der Waals surface area contributed by atoms with E-state index in [1.165, 1.54) is 23.0 Å². The van der Waals surface area contributed by atoms with Gasteiger partial charge in [0.25, 0.3) is 0 Å². The van der Waals surface area contributed by atoms with Crippen molar-refractivity contribution in [3.63, 3.8) is 0 Å². The largest absolute Gasteiger partial charge is 0.345 e. The van der Waals surface area contributed by atoms with Crippen molar-refractivity contribution in [2.45, 2.75) is 25.9 Å². The maximum Gasteiger partial charge on any atom is 0.123 e. The van der Waals surface area contributed by atoms with Crippen LogP contribution >= 0.6 is 23.5 Å². The summed E-state index contributed by atoms with van der Waals surface area (Å²) in [5, 5.41) is 3.65. The Morgan fingerprint density at radius 3 is 2.69 bits per heavy atom. The van der Waals surface area contributed by atoms with Crippen LogP contribution in [0.15, 0.2) is 6.20 Å². The third-order valence-corrected chi connectivity index (χ3v) is 5.15. The fraction of sp³-hybridized carbons (Fsp3) is 0.727. The van der Waals surface area contributed by atoms with E-state index in [1.807, 2.05) is 13.1 Å². The first kappa shape index (κ1) is 12.3. The molecule has 0 aliphatic carbocycles. The Balaban J connectivity index is 1.88. The number of aryl methyl sites for hydroxylation is 1. The average molecular weight is 257 g/mol. The van der Waals surface area contributed by atoms with Crippen LogP contribution in [-0.4, -0.2) is 39.0 Å². The number of imidazole rings is 1. The highest BCUT2D eigenvalue weighted by Gasteiger charge is 2.17. The quantitative estimate of drug-likeness (QED) is 0.871. The smallest absolute Gasteiger partial charge is 0.123 e. The molecular weight excluding hydrogens is 238 g/mol. The minimum absolute atomic E-state index is 0.318. The third-order valence-electron chi connectivity index (χ3n) is 2.63. The van der Waals surface area contributed by atoms with Gasteiger partial charge in [-0.2, -0.15) is 23.5 Å². The molecule has 0 aromatic carbocycles. The highest BCUT2D eigenvalue weighted by atomic mass is 32.2. The lowest BCUT2D eigenvalue weighted by Crippen LogP contribution is -2.35. The summed E-state index contributed by atoms with van der Waals surface area (Å²) >= 11 is 4.10. The lowest BCUT2D eigenvalue weighted by Gasteiger charge is -2.19. The Bertz CT molecular complexity index is 319. The molecule has 2 heterocycles. The molecule has 2 rings (SSSR count). The Hall–Kier alpha value is -0.130. The highest BCUT2D eigenvalue weighted by Crippen LogP contribution is 2.19. The van der Waals surface area contributed by atoms with E-state index in [1.54, 1.807) is 0 Å². The second kappa shape index (κ2) is 5.98. The molecule has 0 amide bonds. The molecule has 1 aliphatic heterocycles. The first-order valence-corrected chi connectivity index (χ1v) is 7.99. The molecule has 1 aromatic rings. The normalized spacial score (nSPS) is 20.6. The van der Waals surface area contributed by atoms with Crippen molar-refractivity contribution in [3.05, 3.63) is 17.7 Å². The SMILES string of the molecule is Cc1cnc(C(C)NC2CSCCSC2)[nH]1. The summed E-state index contributed by atoms with van der Waals surface area (Å²) in [4.78, 5) is 7.67. The molecule has 0 saturated carbocycles. The van der Waals surface area contributed by atoms with E-state index in [0.29, 0.717) is 12.1 Å². The molecule has 3 nitrogen and oxygen atoms in total. The van der Waals surface area contributed by atoms with Crippen LogP contribution in [0.25, 0.3) is 0 Å². The van der Waals surface area contributed by atoms with Crippen molar-refractivity contribution in [1.29, 1.82) is 0 Å². The van der Waals surface area contributed by atoms with Crippen LogP contribution in [0, 0.1) is 6.92 Å². The van der Waals surface area contributed by atoms with Gasteiger partial charge in [-0.3, -0.25) is 0 Å². The van der Waals surface area contributed by atoms with E-state index in [0.717, 1.165) is 11.5 Å². The number of nitrogens with zero attached hydrogens (tertiary/aromatic N) is 1. The maximum atomic E-state index is 4.37.